The lowest BCUT2D eigenvalue weighted by molar-refractivity contribution is -0.114. The molecule has 0 aromatic heterocycles. The number of nitrogens with one attached hydrogen (secondary N) is 1. The van der Waals surface area contributed by atoms with Gasteiger partial charge in [0.15, 0.2) is 0 Å². The number of carbonyl (C=O) groups excluding carboxylic acids is 2. The Morgan fingerprint density at radius 1 is 0.875 bits per heavy atom. The van der Waals surface area contributed by atoms with Crippen molar-refractivity contribution < 1.29 is 9.59 Å². The van der Waals surface area contributed by atoms with Crippen LogP contribution in [0.3, 0.4) is 0 Å². The molecule has 5 nitrogen and oxygen atoms in total. The standard InChI is InChI=1S/C26H27N3O2S/c1-19-8-11-23(12-9-19)32-25-13-10-21(18-24(25)27-20(2)30)26(31)29-16-14-28(15-17-29)22-6-4-3-5-7-22/h3-13,18H,14-17H2,1-2H3,(H,27,30). The smallest absolute Gasteiger partial charge is 0.254 e. The topological polar surface area (TPSA) is 52.7 Å². The second-order valence-electron chi connectivity index (χ2n) is 7.92. The Balaban J connectivity index is 1.48. The van der Waals surface area contributed by atoms with Crippen molar-refractivity contribution in [1.29, 1.82) is 0 Å². The zero-order chi connectivity index (χ0) is 22.5. The third-order valence-electron chi connectivity index (χ3n) is 5.47. The molecule has 0 atom stereocenters. The summed E-state index contributed by atoms with van der Waals surface area (Å²) in [6.07, 6.45) is 0. The number of para-hydroxylation sites is 1. The monoisotopic (exact) mass is 445 g/mol. The first-order valence-electron chi connectivity index (χ1n) is 10.7. The zero-order valence-corrected chi connectivity index (χ0v) is 19.2. The summed E-state index contributed by atoms with van der Waals surface area (Å²) in [5, 5.41) is 2.89. The van der Waals surface area contributed by atoms with Gasteiger partial charge in [0.2, 0.25) is 5.91 Å². The second-order valence-corrected chi connectivity index (χ2v) is 9.04. The number of aryl methyl sites for hydroxylation is 1. The fourth-order valence-electron chi connectivity index (χ4n) is 3.76. The van der Waals surface area contributed by atoms with Crippen molar-refractivity contribution >= 4 is 35.0 Å². The van der Waals surface area contributed by atoms with Crippen LogP contribution < -0.4 is 10.2 Å². The van der Waals surface area contributed by atoms with Gasteiger partial charge < -0.3 is 15.1 Å². The Morgan fingerprint density at radius 3 is 2.22 bits per heavy atom. The average molecular weight is 446 g/mol. The van der Waals surface area contributed by atoms with Gasteiger partial charge in [0.05, 0.1) is 5.69 Å². The summed E-state index contributed by atoms with van der Waals surface area (Å²) < 4.78 is 0. The molecule has 0 saturated carbocycles. The van der Waals surface area contributed by atoms with Crippen LogP contribution in [-0.2, 0) is 4.79 Å². The lowest BCUT2D eigenvalue weighted by Gasteiger charge is -2.36. The minimum Gasteiger partial charge on any atom is -0.368 e. The van der Waals surface area contributed by atoms with Crippen molar-refractivity contribution in [2.45, 2.75) is 23.6 Å². The molecule has 32 heavy (non-hydrogen) atoms. The molecule has 0 unspecified atom stereocenters. The highest BCUT2D eigenvalue weighted by atomic mass is 32.2. The number of hydrogen-bond donors (Lipinski definition) is 1. The molecule has 6 heteroatoms. The molecular weight excluding hydrogens is 418 g/mol. The summed E-state index contributed by atoms with van der Waals surface area (Å²) in [5.74, 6) is -0.159. The highest BCUT2D eigenvalue weighted by molar-refractivity contribution is 7.99. The number of rotatable bonds is 5. The molecule has 1 fully saturated rings. The number of amides is 2. The molecule has 1 N–H and O–H groups in total. The van der Waals surface area contributed by atoms with Crippen molar-refractivity contribution in [1.82, 2.24) is 4.90 Å². The Labute approximate surface area is 193 Å². The molecule has 3 aromatic carbocycles. The summed E-state index contributed by atoms with van der Waals surface area (Å²) >= 11 is 1.57. The van der Waals surface area contributed by atoms with Crippen LogP contribution in [0.5, 0.6) is 0 Å². The number of piperazine rings is 1. The molecular formula is C26H27N3O2S. The molecule has 0 spiro atoms. The van der Waals surface area contributed by atoms with Gasteiger partial charge in [0, 0.05) is 54.1 Å². The molecule has 0 aliphatic carbocycles. The number of benzene rings is 3. The van der Waals surface area contributed by atoms with Crippen LogP contribution in [-0.4, -0.2) is 42.9 Å². The van der Waals surface area contributed by atoms with Crippen molar-refractivity contribution in [2.75, 3.05) is 36.4 Å². The van der Waals surface area contributed by atoms with Crippen LogP contribution in [0.2, 0.25) is 0 Å². The summed E-state index contributed by atoms with van der Waals surface area (Å²) in [5.41, 5.74) is 3.64. The SMILES string of the molecule is CC(=O)Nc1cc(C(=O)N2CCN(c3ccccc3)CC2)ccc1Sc1ccc(C)cc1. The molecule has 0 radical (unpaired) electrons. The van der Waals surface area contributed by atoms with Crippen molar-refractivity contribution in [3.63, 3.8) is 0 Å². The molecule has 3 aromatic rings. The average Bonchev–Trinajstić information content (AvgIpc) is 2.81. The van der Waals surface area contributed by atoms with Crippen LogP contribution in [0.1, 0.15) is 22.8 Å². The minimum absolute atomic E-state index is 0.00352. The van der Waals surface area contributed by atoms with Gasteiger partial charge in [-0.3, -0.25) is 9.59 Å². The molecule has 2 amide bonds. The van der Waals surface area contributed by atoms with E-state index in [1.54, 1.807) is 17.8 Å². The first-order valence-corrected chi connectivity index (χ1v) is 11.6. The number of hydrogen-bond acceptors (Lipinski definition) is 4. The number of anilines is 2. The van der Waals surface area contributed by atoms with Crippen molar-refractivity contribution in [3.8, 4) is 0 Å². The quantitative estimate of drug-likeness (QED) is 0.596. The molecule has 4 rings (SSSR count). The molecule has 0 bridgehead atoms. The van der Waals surface area contributed by atoms with Gasteiger partial charge >= 0.3 is 0 Å². The van der Waals surface area contributed by atoms with Gasteiger partial charge in [-0.15, -0.1) is 0 Å². The predicted molar refractivity (Wildman–Crippen MR) is 131 cm³/mol. The lowest BCUT2D eigenvalue weighted by Crippen LogP contribution is -2.48. The van der Waals surface area contributed by atoms with E-state index in [-0.39, 0.29) is 11.8 Å². The van der Waals surface area contributed by atoms with Gasteiger partial charge in [0.1, 0.15) is 0 Å². The lowest BCUT2D eigenvalue weighted by atomic mass is 10.1. The third-order valence-corrected chi connectivity index (χ3v) is 6.56. The molecule has 1 saturated heterocycles. The highest BCUT2D eigenvalue weighted by Crippen LogP contribution is 2.34. The van der Waals surface area contributed by atoms with E-state index in [0.717, 1.165) is 22.9 Å². The van der Waals surface area contributed by atoms with E-state index in [2.05, 4.69) is 53.5 Å². The Hall–Kier alpha value is -3.25. The molecule has 1 aliphatic rings. The van der Waals surface area contributed by atoms with E-state index in [1.807, 2.05) is 35.2 Å². The Morgan fingerprint density at radius 2 is 1.56 bits per heavy atom. The minimum atomic E-state index is -0.156. The fraction of sp³-hybridized carbons (Fsp3) is 0.231. The van der Waals surface area contributed by atoms with E-state index in [1.165, 1.54) is 18.2 Å². The highest BCUT2D eigenvalue weighted by Gasteiger charge is 2.23. The second kappa shape index (κ2) is 9.92. The summed E-state index contributed by atoms with van der Waals surface area (Å²) in [4.78, 5) is 31.2. The van der Waals surface area contributed by atoms with E-state index >= 15 is 0 Å². The van der Waals surface area contributed by atoms with Crippen molar-refractivity contribution in [3.05, 3.63) is 83.9 Å². The Kier molecular flexibility index (Phi) is 6.81. The summed E-state index contributed by atoms with van der Waals surface area (Å²) in [6, 6.07) is 24.1. The third kappa shape index (κ3) is 5.32. The Bertz CT molecular complexity index is 1090. The molecule has 1 heterocycles. The van der Waals surface area contributed by atoms with Gasteiger partial charge in [-0.05, 0) is 49.4 Å². The maximum atomic E-state index is 13.2. The van der Waals surface area contributed by atoms with E-state index < -0.39 is 0 Å². The summed E-state index contributed by atoms with van der Waals surface area (Å²) in [6.45, 7) is 6.48. The van der Waals surface area contributed by atoms with Gasteiger partial charge in [-0.1, -0.05) is 47.7 Å². The van der Waals surface area contributed by atoms with Crippen molar-refractivity contribution in [2.24, 2.45) is 0 Å². The number of nitrogens with zero attached hydrogens (tertiary/aromatic N) is 2. The fourth-order valence-corrected chi connectivity index (χ4v) is 4.64. The molecule has 164 valence electrons. The summed E-state index contributed by atoms with van der Waals surface area (Å²) in [7, 11) is 0. The molecule has 1 aliphatic heterocycles. The maximum Gasteiger partial charge on any atom is 0.254 e. The van der Waals surface area contributed by atoms with Crippen LogP contribution in [0.4, 0.5) is 11.4 Å². The maximum absolute atomic E-state index is 13.2. The van der Waals surface area contributed by atoms with Gasteiger partial charge in [-0.25, -0.2) is 0 Å². The van der Waals surface area contributed by atoms with E-state index in [0.29, 0.717) is 24.3 Å². The van der Waals surface area contributed by atoms with E-state index in [4.69, 9.17) is 0 Å². The number of carbonyl (C=O) groups is 2. The van der Waals surface area contributed by atoms with Crippen LogP contribution in [0.15, 0.2) is 82.6 Å². The van der Waals surface area contributed by atoms with Crippen LogP contribution in [0.25, 0.3) is 0 Å². The largest absolute Gasteiger partial charge is 0.368 e. The normalized spacial score (nSPS) is 13.7. The van der Waals surface area contributed by atoms with Gasteiger partial charge in [0.25, 0.3) is 5.91 Å². The van der Waals surface area contributed by atoms with Crippen LogP contribution >= 0.6 is 11.8 Å². The van der Waals surface area contributed by atoms with Crippen LogP contribution in [0, 0.1) is 6.92 Å². The zero-order valence-electron chi connectivity index (χ0n) is 18.4. The first kappa shape index (κ1) is 22.0. The first-order chi connectivity index (χ1) is 15.5. The van der Waals surface area contributed by atoms with E-state index in [9.17, 15) is 9.59 Å². The van der Waals surface area contributed by atoms with Gasteiger partial charge in [-0.2, -0.15) is 0 Å². The predicted octanol–water partition coefficient (Wildman–Crippen LogP) is 5.07.